The highest BCUT2D eigenvalue weighted by atomic mass is 16.5. The Morgan fingerprint density at radius 2 is 1.53 bits per heavy atom. The number of amides is 1. The predicted octanol–water partition coefficient (Wildman–Crippen LogP) is 1.27. The summed E-state index contributed by atoms with van der Waals surface area (Å²) in [6, 6.07) is 9.30. The number of hydrogen-bond acceptors (Lipinski definition) is 8. The lowest BCUT2D eigenvalue weighted by Gasteiger charge is -2.36. The van der Waals surface area contributed by atoms with Gasteiger partial charge in [-0.3, -0.25) is 4.79 Å². The van der Waals surface area contributed by atoms with E-state index >= 15 is 0 Å². The molecule has 2 aliphatic heterocycles. The summed E-state index contributed by atoms with van der Waals surface area (Å²) in [5, 5.41) is 0. The fourth-order valence-corrected chi connectivity index (χ4v) is 3.94. The molecule has 0 aliphatic carbocycles. The fraction of sp³-hybridized carbons (Fsp3) is 0.522. The molecule has 2 saturated heterocycles. The number of nitrogens with zero attached hydrogens (tertiary/aromatic N) is 6. The van der Waals surface area contributed by atoms with Crippen LogP contribution in [0.3, 0.4) is 0 Å². The molecular weight excluding hydrogens is 408 g/mol. The number of aryl methyl sites for hydroxylation is 1. The second-order valence-corrected chi connectivity index (χ2v) is 8.29. The number of carbonyl (C=O) groups excluding carboxylic acids is 1. The van der Waals surface area contributed by atoms with E-state index in [-0.39, 0.29) is 12.5 Å². The topological polar surface area (TPSA) is 74.3 Å². The van der Waals surface area contributed by atoms with Gasteiger partial charge in [-0.25, -0.2) is 4.98 Å². The lowest BCUT2D eigenvalue weighted by molar-refractivity contribution is -0.133. The highest BCUT2D eigenvalue weighted by molar-refractivity contribution is 5.78. The number of rotatable bonds is 6. The van der Waals surface area contributed by atoms with Crippen molar-refractivity contribution in [3.63, 3.8) is 0 Å². The number of benzene rings is 1. The molecule has 1 amide bonds. The molecule has 32 heavy (non-hydrogen) atoms. The van der Waals surface area contributed by atoms with Gasteiger partial charge >= 0.3 is 0 Å². The maximum absolute atomic E-state index is 12.6. The zero-order chi connectivity index (χ0) is 22.5. The van der Waals surface area contributed by atoms with Gasteiger partial charge in [0.05, 0.1) is 7.11 Å². The van der Waals surface area contributed by atoms with Gasteiger partial charge in [0.25, 0.3) is 5.91 Å². The standard InChI is InChI=1S/C23H32N6O3/c1-18-16-21(27-10-8-26(2)9-11-27)25-23(24-18)29-14-12-28(13-15-29)22(30)17-32-20-6-4-19(31-3)5-7-20/h4-7,16H,8-15,17H2,1-3H3. The molecule has 1 aromatic heterocycles. The molecule has 0 atom stereocenters. The van der Waals surface area contributed by atoms with Crippen LogP contribution in [-0.2, 0) is 4.79 Å². The average Bonchev–Trinajstić information content (AvgIpc) is 2.83. The summed E-state index contributed by atoms with van der Waals surface area (Å²) in [5.41, 5.74) is 0.968. The van der Waals surface area contributed by atoms with Crippen LogP contribution < -0.4 is 19.3 Å². The highest BCUT2D eigenvalue weighted by Gasteiger charge is 2.24. The molecule has 0 radical (unpaired) electrons. The van der Waals surface area contributed by atoms with Crippen molar-refractivity contribution < 1.29 is 14.3 Å². The maximum Gasteiger partial charge on any atom is 0.260 e. The zero-order valence-electron chi connectivity index (χ0n) is 19.2. The molecule has 9 heteroatoms. The molecule has 0 unspecified atom stereocenters. The zero-order valence-corrected chi connectivity index (χ0v) is 19.2. The van der Waals surface area contributed by atoms with Crippen LogP contribution in [0, 0.1) is 6.92 Å². The third-order valence-corrected chi connectivity index (χ3v) is 5.99. The van der Waals surface area contributed by atoms with E-state index in [0.29, 0.717) is 31.9 Å². The van der Waals surface area contributed by atoms with Crippen LogP contribution in [-0.4, -0.2) is 98.8 Å². The van der Waals surface area contributed by atoms with E-state index in [1.165, 1.54) is 0 Å². The lowest BCUT2D eigenvalue weighted by Crippen LogP contribution is -2.50. The maximum atomic E-state index is 12.6. The van der Waals surface area contributed by atoms with Gasteiger partial charge in [0.1, 0.15) is 17.3 Å². The second-order valence-electron chi connectivity index (χ2n) is 8.29. The van der Waals surface area contributed by atoms with Crippen LogP contribution in [0.2, 0.25) is 0 Å². The Morgan fingerprint density at radius 1 is 0.906 bits per heavy atom. The molecule has 2 aliphatic rings. The van der Waals surface area contributed by atoms with Crippen molar-refractivity contribution in [1.82, 2.24) is 19.8 Å². The molecule has 0 spiro atoms. The van der Waals surface area contributed by atoms with Crippen LogP contribution in [0.15, 0.2) is 30.3 Å². The number of piperazine rings is 2. The molecule has 9 nitrogen and oxygen atoms in total. The third kappa shape index (κ3) is 5.40. The Kier molecular flexibility index (Phi) is 6.94. The third-order valence-electron chi connectivity index (χ3n) is 5.99. The van der Waals surface area contributed by atoms with Crippen molar-refractivity contribution in [3.8, 4) is 11.5 Å². The van der Waals surface area contributed by atoms with E-state index in [9.17, 15) is 4.79 Å². The van der Waals surface area contributed by atoms with Gasteiger partial charge in [0.15, 0.2) is 6.61 Å². The van der Waals surface area contributed by atoms with Gasteiger partial charge in [-0.15, -0.1) is 0 Å². The number of hydrogen-bond donors (Lipinski definition) is 0. The Morgan fingerprint density at radius 3 is 2.19 bits per heavy atom. The minimum absolute atomic E-state index is 0.0104. The molecule has 0 N–H and O–H groups in total. The van der Waals surface area contributed by atoms with Gasteiger partial charge in [-0.1, -0.05) is 0 Å². The van der Waals surface area contributed by atoms with Gasteiger partial charge in [0, 0.05) is 64.1 Å². The number of anilines is 2. The SMILES string of the molecule is COc1ccc(OCC(=O)N2CCN(c3nc(C)cc(N4CCN(C)CC4)n3)CC2)cc1. The Labute approximate surface area is 189 Å². The van der Waals surface area contributed by atoms with Gasteiger partial charge < -0.3 is 29.1 Å². The minimum atomic E-state index is -0.0104. The average molecular weight is 441 g/mol. The van der Waals surface area contributed by atoms with Gasteiger partial charge in [-0.05, 0) is 38.2 Å². The Bertz CT molecular complexity index is 906. The van der Waals surface area contributed by atoms with Crippen LogP contribution >= 0.6 is 0 Å². The molecule has 0 bridgehead atoms. The number of methoxy groups -OCH3 is 1. The summed E-state index contributed by atoms with van der Waals surface area (Å²) in [6.07, 6.45) is 0. The molecule has 1 aromatic carbocycles. The first-order valence-electron chi connectivity index (χ1n) is 11.1. The Hall–Kier alpha value is -3.07. The Balaban J connectivity index is 1.30. The second kappa shape index (κ2) is 10.0. The van der Waals surface area contributed by atoms with Gasteiger partial charge in [-0.2, -0.15) is 4.98 Å². The van der Waals surface area contributed by atoms with E-state index in [4.69, 9.17) is 14.5 Å². The predicted molar refractivity (Wildman–Crippen MR) is 124 cm³/mol. The molecule has 2 aromatic rings. The van der Waals surface area contributed by atoms with E-state index in [1.54, 1.807) is 19.2 Å². The number of ether oxygens (including phenoxy) is 2. The number of carbonyl (C=O) groups is 1. The molecule has 4 rings (SSSR count). The van der Waals surface area contributed by atoms with Crippen molar-refractivity contribution in [1.29, 1.82) is 0 Å². The highest BCUT2D eigenvalue weighted by Crippen LogP contribution is 2.20. The van der Waals surface area contributed by atoms with Crippen molar-refractivity contribution in [2.24, 2.45) is 0 Å². The smallest absolute Gasteiger partial charge is 0.260 e. The lowest BCUT2D eigenvalue weighted by atomic mass is 10.3. The van der Waals surface area contributed by atoms with Gasteiger partial charge in [0.2, 0.25) is 5.95 Å². The summed E-state index contributed by atoms with van der Waals surface area (Å²) in [7, 11) is 3.77. The largest absolute Gasteiger partial charge is 0.497 e. The summed E-state index contributed by atoms with van der Waals surface area (Å²) in [5.74, 6) is 3.15. The van der Waals surface area contributed by atoms with Crippen molar-refractivity contribution in [2.45, 2.75) is 6.92 Å². The molecule has 172 valence electrons. The molecule has 0 saturated carbocycles. The quantitative estimate of drug-likeness (QED) is 0.665. The van der Waals surface area contributed by atoms with E-state index in [1.807, 2.05) is 24.0 Å². The van der Waals surface area contributed by atoms with Crippen LogP contribution in [0.1, 0.15) is 5.69 Å². The monoisotopic (exact) mass is 440 g/mol. The van der Waals surface area contributed by atoms with E-state index < -0.39 is 0 Å². The summed E-state index contributed by atoms with van der Waals surface area (Å²) in [4.78, 5) is 30.8. The minimum Gasteiger partial charge on any atom is -0.497 e. The normalized spacial score (nSPS) is 17.4. The molecular formula is C23H32N6O3. The van der Waals surface area contributed by atoms with Crippen LogP contribution in [0.4, 0.5) is 11.8 Å². The van der Waals surface area contributed by atoms with E-state index in [0.717, 1.165) is 49.4 Å². The van der Waals surface area contributed by atoms with E-state index in [2.05, 4.69) is 32.8 Å². The van der Waals surface area contributed by atoms with Crippen LogP contribution in [0.25, 0.3) is 0 Å². The molecule has 3 heterocycles. The summed E-state index contributed by atoms with van der Waals surface area (Å²) in [6.45, 7) is 8.75. The summed E-state index contributed by atoms with van der Waals surface area (Å²) < 4.78 is 10.8. The van der Waals surface area contributed by atoms with Crippen molar-refractivity contribution >= 4 is 17.7 Å². The van der Waals surface area contributed by atoms with Crippen LogP contribution in [0.5, 0.6) is 11.5 Å². The fourth-order valence-electron chi connectivity index (χ4n) is 3.94. The number of likely N-dealkylation sites (N-methyl/N-ethyl adjacent to an activating group) is 1. The first kappa shape index (κ1) is 22.1. The number of aromatic nitrogens is 2. The summed E-state index contributed by atoms with van der Waals surface area (Å²) >= 11 is 0. The molecule has 2 fully saturated rings. The van der Waals surface area contributed by atoms with Crippen molar-refractivity contribution in [2.75, 3.05) is 82.9 Å². The van der Waals surface area contributed by atoms with Crippen molar-refractivity contribution in [3.05, 3.63) is 36.0 Å². The first-order valence-corrected chi connectivity index (χ1v) is 11.1. The first-order chi connectivity index (χ1) is 15.5.